The van der Waals surface area contributed by atoms with Crippen molar-refractivity contribution in [3.8, 4) is 0 Å². The van der Waals surface area contributed by atoms with Crippen molar-refractivity contribution in [2.24, 2.45) is 0 Å². The van der Waals surface area contributed by atoms with E-state index in [1.807, 2.05) is 4.90 Å². The number of nitrogens with zero attached hydrogens (tertiary/aromatic N) is 6. The minimum atomic E-state index is -0.926. The van der Waals surface area contributed by atoms with Crippen LogP contribution in [0.3, 0.4) is 0 Å². The van der Waals surface area contributed by atoms with Crippen LogP contribution in [0.2, 0.25) is 0 Å². The van der Waals surface area contributed by atoms with Crippen LogP contribution >= 0.6 is 0 Å². The molecule has 21 heavy (non-hydrogen) atoms. The summed E-state index contributed by atoms with van der Waals surface area (Å²) >= 11 is 0. The molecule has 9 nitrogen and oxygen atoms in total. The van der Waals surface area contributed by atoms with Crippen LogP contribution in [0, 0.1) is 0 Å². The molecule has 0 aliphatic carbocycles. The molecule has 1 aromatic heterocycles. The van der Waals surface area contributed by atoms with Crippen LogP contribution in [0.25, 0.3) is 0 Å². The number of carboxylic acid groups (broad SMARTS) is 1. The highest BCUT2D eigenvalue weighted by atomic mass is 16.5. The minimum absolute atomic E-state index is 0.206. The Labute approximate surface area is 121 Å². The summed E-state index contributed by atoms with van der Waals surface area (Å²) in [4.78, 5) is 15.5. The number of fused-ring (bicyclic) bond motifs is 1. The van der Waals surface area contributed by atoms with Gasteiger partial charge in [0.25, 0.3) is 0 Å². The molecule has 0 amide bonds. The maximum Gasteiger partial charge on any atom is 0.335 e. The highest BCUT2D eigenvalue weighted by Crippen LogP contribution is 2.24. The first kappa shape index (κ1) is 14.0. The molecule has 1 N–H and O–H groups in total. The number of carboxylic acids is 1. The number of carbonyl (C=O) groups is 1. The predicted octanol–water partition coefficient (Wildman–Crippen LogP) is -0.816. The number of anilines is 1. The van der Waals surface area contributed by atoms with Crippen LogP contribution in [0.4, 0.5) is 5.95 Å². The second kappa shape index (κ2) is 5.78. The van der Waals surface area contributed by atoms with Crippen LogP contribution in [-0.4, -0.2) is 75.6 Å². The van der Waals surface area contributed by atoms with Crippen molar-refractivity contribution in [1.82, 2.24) is 25.1 Å². The van der Waals surface area contributed by atoms with E-state index in [9.17, 15) is 9.90 Å². The lowest BCUT2D eigenvalue weighted by Gasteiger charge is -2.32. The van der Waals surface area contributed by atoms with Crippen LogP contribution in [0.1, 0.15) is 6.92 Å². The molecule has 0 radical (unpaired) electrons. The van der Waals surface area contributed by atoms with Gasteiger partial charge in [0.2, 0.25) is 5.95 Å². The molecule has 0 aromatic carbocycles. The molecule has 1 fully saturated rings. The topological polar surface area (TPSA) is 96.6 Å². The van der Waals surface area contributed by atoms with Gasteiger partial charge in [0, 0.05) is 31.9 Å². The molecule has 3 heterocycles. The van der Waals surface area contributed by atoms with E-state index >= 15 is 0 Å². The number of morpholine rings is 1. The second-order valence-corrected chi connectivity index (χ2v) is 5.11. The second-order valence-electron chi connectivity index (χ2n) is 5.11. The summed E-state index contributed by atoms with van der Waals surface area (Å²) in [5, 5.41) is 20.8. The number of ether oxygens (including phenoxy) is 1. The highest BCUT2D eigenvalue weighted by molar-refractivity contribution is 5.88. The van der Waals surface area contributed by atoms with Gasteiger partial charge in [-0.15, -0.1) is 0 Å². The number of allylic oxidation sites excluding steroid dienone is 1. The molecule has 114 valence electrons. The lowest BCUT2D eigenvalue weighted by molar-refractivity contribution is -0.133. The molecule has 1 saturated heterocycles. The van der Waals surface area contributed by atoms with Gasteiger partial charge in [-0.25, -0.2) is 9.48 Å². The van der Waals surface area contributed by atoms with E-state index in [1.165, 1.54) is 4.68 Å². The molecule has 1 aromatic rings. The third-order valence-corrected chi connectivity index (χ3v) is 3.91. The Morgan fingerprint density at radius 3 is 2.81 bits per heavy atom. The zero-order valence-electron chi connectivity index (χ0n) is 11.9. The summed E-state index contributed by atoms with van der Waals surface area (Å²) < 4.78 is 6.85. The molecule has 0 unspecified atom stereocenters. The van der Waals surface area contributed by atoms with E-state index in [1.54, 1.807) is 6.92 Å². The summed E-state index contributed by atoms with van der Waals surface area (Å²) in [6.07, 6.45) is 0. The van der Waals surface area contributed by atoms with Crippen molar-refractivity contribution in [1.29, 1.82) is 0 Å². The Hall–Kier alpha value is -2.00. The van der Waals surface area contributed by atoms with Crippen molar-refractivity contribution >= 4 is 11.9 Å². The first-order valence-corrected chi connectivity index (χ1v) is 6.93. The van der Waals surface area contributed by atoms with Crippen molar-refractivity contribution < 1.29 is 14.6 Å². The van der Waals surface area contributed by atoms with E-state index in [2.05, 4.69) is 20.4 Å². The van der Waals surface area contributed by atoms with Crippen LogP contribution in [-0.2, 0) is 16.1 Å². The average Bonchev–Trinajstić information content (AvgIpc) is 2.94. The smallest absolute Gasteiger partial charge is 0.335 e. The number of aliphatic carboxylic acids is 1. The van der Waals surface area contributed by atoms with Gasteiger partial charge in [0.1, 0.15) is 0 Å². The van der Waals surface area contributed by atoms with Gasteiger partial charge in [-0.05, 0) is 17.4 Å². The summed E-state index contributed by atoms with van der Waals surface area (Å²) in [6, 6.07) is 0. The average molecular weight is 294 g/mol. The molecule has 0 spiro atoms. The number of aromatic nitrogens is 4. The lowest BCUT2D eigenvalue weighted by atomic mass is 10.1. The van der Waals surface area contributed by atoms with Gasteiger partial charge in [-0.1, -0.05) is 5.10 Å². The monoisotopic (exact) mass is 294 g/mol. The fraction of sp³-hybridized carbons (Fsp3) is 0.667. The number of rotatable bonds is 4. The van der Waals surface area contributed by atoms with Gasteiger partial charge in [0.15, 0.2) is 0 Å². The van der Waals surface area contributed by atoms with Crippen molar-refractivity contribution in [2.75, 3.05) is 44.3 Å². The van der Waals surface area contributed by atoms with Gasteiger partial charge < -0.3 is 14.7 Å². The minimum Gasteiger partial charge on any atom is -0.478 e. The van der Waals surface area contributed by atoms with E-state index in [4.69, 9.17) is 4.74 Å². The first-order valence-electron chi connectivity index (χ1n) is 6.93. The molecule has 2 aliphatic heterocycles. The summed E-state index contributed by atoms with van der Waals surface area (Å²) in [6.45, 7) is 6.77. The molecule has 0 bridgehead atoms. The Morgan fingerprint density at radius 1 is 1.33 bits per heavy atom. The number of hydrogen-bond acceptors (Lipinski definition) is 7. The zero-order valence-corrected chi connectivity index (χ0v) is 11.9. The Kier molecular flexibility index (Phi) is 3.84. The van der Waals surface area contributed by atoms with E-state index in [0.29, 0.717) is 23.8 Å². The van der Waals surface area contributed by atoms with Crippen LogP contribution in [0.15, 0.2) is 11.3 Å². The van der Waals surface area contributed by atoms with E-state index in [0.717, 1.165) is 32.8 Å². The maximum atomic E-state index is 11.4. The normalized spacial score (nSPS) is 19.8. The van der Waals surface area contributed by atoms with E-state index < -0.39 is 5.97 Å². The molecular weight excluding hydrogens is 276 g/mol. The van der Waals surface area contributed by atoms with Crippen LogP contribution in [0.5, 0.6) is 0 Å². The van der Waals surface area contributed by atoms with Gasteiger partial charge in [-0.2, -0.15) is 0 Å². The van der Waals surface area contributed by atoms with Gasteiger partial charge in [-0.3, -0.25) is 4.90 Å². The standard InChI is InChI=1S/C12H18N6O3/c1-9-10(11(19)20)8-18-12(13-14-15-18)17(9)3-2-16-4-6-21-7-5-16/h2-8H2,1H3,(H,19,20). The molecular formula is C12H18N6O3. The molecule has 0 atom stereocenters. The summed E-state index contributed by atoms with van der Waals surface area (Å²) in [7, 11) is 0. The summed E-state index contributed by atoms with van der Waals surface area (Å²) in [5.74, 6) is -0.323. The quantitative estimate of drug-likeness (QED) is 0.769. The highest BCUT2D eigenvalue weighted by Gasteiger charge is 2.28. The zero-order chi connectivity index (χ0) is 14.8. The fourth-order valence-corrected chi connectivity index (χ4v) is 2.63. The Morgan fingerprint density at radius 2 is 2.10 bits per heavy atom. The number of hydrogen-bond donors (Lipinski definition) is 1. The molecule has 9 heteroatoms. The van der Waals surface area contributed by atoms with Crippen LogP contribution < -0.4 is 4.90 Å². The molecule has 0 saturated carbocycles. The Balaban J connectivity index is 1.77. The van der Waals surface area contributed by atoms with E-state index in [-0.39, 0.29) is 6.54 Å². The predicted molar refractivity (Wildman–Crippen MR) is 72.8 cm³/mol. The van der Waals surface area contributed by atoms with Crippen molar-refractivity contribution in [3.05, 3.63) is 11.3 Å². The maximum absolute atomic E-state index is 11.4. The van der Waals surface area contributed by atoms with Gasteiger partial charge >= 0.3 is 5.97 Å². The van der Waals surface area contributed by atoms with Crippen molar-refractivity contribution in [3.63, 3.8) is 0 Å². The third kappa shape index (κ3) is 2.74. The molecule has 2 aliphatic rings. The third-order valence-electron chi connectivity index (χ3n) is 3.91. The van der Waals surface area contributed by atoms with Crippen molar-refractivity contribution in [2.45, 2.75) is 13.5 Å². The lowest BCUT2D eigenvalue weighted by Crippen LogP contribution is -2.43. The summed E-state index contributed by atoms with van der Waals surface area (Å²) in [5.41, 5.74) is 1.04. The largest absolute Gasteiger partial charge is 0.478 e. The van der Waals surface area contributed by atoms with Gasteiger partial charge in [0.05, 0.1) is 25.3 Å². The number of tetrazole rings is 1. The molecule has 3 rings (SSSR count). The first-order chi connectivity index (χ1) is 10.2. The Bertz CT molecular complexity index is 563. The fourth-order valence-electron chi connectivity index (χ4n) is 2.63. The SMILES string of the molecule is CC1=C(C(=O)O)Cn2nnnc2N1CCN1CCOCC1.